The third-order valence-electron chi connectivity index (χ3n) is 0. The quantitative estimate of drug-likeness (QED) is 0.390. The van der Waals surface area contributed by atoms with Gasteiger partial charge in [-0.05, 0) is 0 Å². The van der Waals surface area contributed by atoms with E-state index in [1.165, 1.54) is 0 Å². The van der Waals surface area contributed by atoms with Crippen LogP contribution in [-0.2, 0) is 0 Å². The van der Waals surface area contributed by atoms with Crippen molar-refractivity contribution >= 4 is 45.5 Å². The zero-order chi connectivity index (χ0) is 9.00. The van der Waals surface area contributed by atoms with Crippen LogP contribution in [-0.4, -0.2) is 51.0 Å². The molecule has 0 aromatic rings. The van der Waals surface area contributed by atoms with Crippen LogP contribution in [0.5, 0.6) is 0 Å². The van der Waals surface area contributed by atoms with Crippen LogP contribution in [0.25, 0.3) is 0 Å². The van der Waals surface area contributed by atoms with E-state index in [9.17, 15) is 0 Å². The first kappa shape index (κ1) is 23.5. The van der Waals surface area contributed by atoms with Gasteiger partial charge in [0.15, 0.2) is 0 Å². The molecule has 0 bridgehead atoms. The normalized spacial score (nSPS) is 10.0. The first-order valence-electron chi connectivity index (χ1n) is 1.23. The molecule has 0 aliphatic heterocycles. The molecular formula is H2Cl2O9Sr. The van der Waals surface area contributed by atoms with E-state index in [0.717, 1.165) is 0 Å². The van der Waals surface area contributed by atoms with Crippen molar-refractivity contribution in [2.24, 2.45) is 0 Å². The second-order valence-corrected chi connectivity index (χ2v) is 2.27. The van der Waals surface area contributed by atoms with E-state index in [2.05, 4.69) is 0 Å². The molecule has 0 saturated heterocycles. The second kappa shape index (κ2) is 9.26. The van der Waals surface area contributed by atoms with Crippen LogP contribution in [0, 0.1) is 20.5 Å². The van der Waals surface area contributed by atoms with Gasteiger partial charge in [-0.25, -0.2) is 37.3 Å². The van der Waals surface area contributed by atoms with Gasteiger partial charge in [-0.1, -0.05) is 0 Å². The maximum Gasteiger partial charge on any atom is 2.00 e. The summed E-state index contributed by atoms with van der Waals surface area (Å²) >= 11 is 0. The van der Waals surface area contributed by atoms with Crippen LogP contribution in [0.1, 0.15) is 0 Å². The Hall–Kier alpha value is 1.70. The fourth-order valence-electron chi connectivity index (χ4n) is 0. The summed E-state index contributed by atoms with van der Waals surface area (Å²) in [5.74, 6) is 0. The molecule has 0 radical (unpaired) electrons. The van der Waals surface area contributed by atoms with Gasteiger partial charge in [0.1, 0.15) is 0 Å². The van der Waals surface area contributed by atoms with Crippen molar-refractivity contribution in [2.75, 3.05) is 0 Å². The molecule has 0 heterocycles. The average molecular weight is 305 g/mol. The minimum absolute atomic E-state index is 0. The largest absolute Gasteiger partial charge is 2.00 e. The Morgan fingerprint density at radius 3 is 0.500 bits per heavy atom. The monoisotopic (exact) mass is 304 g/mol. The SMILES string of the molecule is O.[O-][Cl+3]([O-])([O-])[O-].[O-][Cl+3]([O-])([O-])[O-].[Sr+2]. The molecule has 0 aromatic carbocycles. The molecule has 12 heavy (non-hydrogen) atoms. The summed E-state index contributed by atoms with van der Waals surface area (Å²) in [6, 6.07) is 0. The molecule has 0 spiro atoms. The van der Waals surface area contributed by atoms with Crippen LogP contribution in [0.2, 0.25) is 0 Å². The van der Waals surface area contributed by atoms with E-state index in [4.69, 9.17) is 37.3 Å². The fourth-order valence-corrected chi connectivity index (χ4v) is 0. The van der Waals surface area contributed by atoms with Crippen LogP contribution in [0.15, 0.2) is 0 Å². The van der Waals surface area contributed by atoms with Gasteiger partial charge in [0.05, 0.1) is 0 Å². The molecule has 0 aliphatic rings. The number of hydrogen-bond donors (Lipinski definition) is 0. The Bertz CT molecular complexity index is 55.5. The first-order valence-corrected chi connectivity index (χ1v) is 3.70. The fraction of sp³-hybridized carbons (Fsp3) is 0. The van der Waals surface area contributed by atoms with E-state index in [1.807, 2.05) is 0 Å². The molecule has 72 valence electrons. The van der Waals surface area contributed by atoms with Gasteiger partial charge in [-0.3, -0.25) is 0 Å². The van der Waals surface area contributed by atoms with E-state index < -0.39 is 20.5 Å². The van der Waals surface area contributed by atoms with Gasteiger partial charge < -0.3 is 5.48 Å². The molecule has 0 amide bonds. The summed E-state index contributed by atoms with van der Waals surface area (Å²) < 4.78 is 67.9. The molecule has 9 nitrogen and oxygen atoms in total. The van der Waals surface area contributed by atoms with Crippen molar-refractivity contribution in [1.82, 2.24) is 0 Å². The van der Waals surface area contributed by atoms with Gasteiger partial charge in [-0.2, -0.15) is 0 Å². The Morgan fingerprint density at radius 2 is 0.500 bits per heavy atom. The van der Waals surface area contributed by atoms with Crippen LogP contribution in [0.4, 0.5) is 0 Å². The zero-order valence-corrected chi connectivity index (χ0v) is 10.2. The predicted molar refractivity (Wildman–Crippen MR) is 9.37 cm³/mol. The summed E-state index contributed by atoms with van der Waals surface area (Å²) in [5, 5.41) is 0. The van der Waals surface area contributed by atoms with Gasteiger partial charge in [0, 0.05) is 0 Å². The maximum absolute atomic E-state index is 8.49. The smallest absolute Gasteiger partial charge is 0.412 e. The average Bonchev–Trinajstić information content (AvgIpc) is 1.12. The standard InChI is InChI=1S/2ClHO4.H2O.Sr/c2*2-1(3,4)5;;/h2*(H,2,3,4,5);1H2;/q;;;+2/p-2. The molecule has 12 heteroatoms. The molecule has 0 aromatic heterocycles. The molecule has 0 rings (SSSR count). The van der Waals surface area contributed by atoms with Crippen LogP contribution in [0.3, 0.4) is 0 Å². The van der Waals surface area contributed by atoms with Crippen molar-refractivity contribution in [3.05, 3.63) is 0 Å². The minimum Gasteiger partial charge on any atom is -0.412 e. The van der Waals surface area contributed by atoms with Crippen molar-refractivity contribution < 1.29 is 63.2 Å². The van der Waals surface area contributed by atoms with E-state index in [0.29, 0.717) is 0 Å². The Morgan fingerprint density at radius 1 is 0.500 bits per heavy atom. The first-order chi connectivity index (χ1) is 4.00. The molecule has 0 aliphatic carbocycles. The van der Waals surface area contributed by atoms with Crippen molar-refractivity contribution in [3.63, 3.8) is 0 Å². The third kappa shape index (κ3) is 463. The van der Waals surface area contributed by atoms with Crippen molar-refractivity contribution in [3.8, 4) is 0 Å². The summed E-state index contributed by atoms with van der Waals surface area (Å²) in [6.45, 7) is 0. The van der Waals surface area contributed by atoms with E-state index in [1.54, 1.807) is 0 Å². The molecule has 0 atom stereocenters. The second-order valence-electron chi connectivity index (χ2n) is 0.756. The van der Waals surface area contributed by atoms with E-state index in [-0.39, 0.29) is 51.0 Å². The predicted octanol–water partition coefficient (Wildman–Crippen LogP) is -10.7. The maximum atomic E-state index is 8.49. The summed E-state index contributed by atoms with van der Waals surface area (Å²) in [4.78, 5) is 0. The Kier molecular flexibility index (Phi) is 18.1. The van der Waals surface area contributed by atoms with E-state index >= 15 is 0 Å². The summed E-state index contributed by atoms with van der Waals surface area (Å²) in [5.41, 5.74) is 0. The van der Waals surface area contributed by atoms with Crippen LogP contribution < -0.4 is 37.3 Å². The zero-order valence-electron chi connectivity index (χ0n) is 5.23. The Balaban J connectivity index is -0.0000000457. The summed E-state index contributed by atoms with van der Waals surface area (Å²) in [6.07, 6.45) is 0. The molecule has 0 saturated carbocycles. The van der Waals surface area contributed by atoms with Crippen molar-refractivity contribution in [1.29, 1.82) is 0 Å². The molecule has 2 N–H and O–H groups in total. The van der Waals surface area contributed by atoms with Crippen LogP contribution >= 0.6 is 0 Å². The summed E-state index contributed by atoms with van der Waals surface area (Å²) in [7, 11) is -9.89. The third-order valence-corrected chi connectivity index (χ3v) is 0. The van der Waals surface area contributed by atoms with Gasteiger partial charge in [0.2, 0.25) is 0 Å². The van der Waals surface area contributed by atoms with Gasteiger partial charge in [-0.15, -0.1) is 20.5 Å². The van der Waals surface area contributed by atoms with Gasteiger partial charge in [0.25, 0.3) is 0 Å². The van der Waals surface area contributed by atoms with Gasteiger partial charge >= 0.3 is 45.5 Å². The number of rotatable bonds is 0. The molecular weight excluding hydrogens is 303 g/mol. The minimum atomic E-state index is -4.94. The topological polar surface area (TPSA) is 216 Å². The molecule has 0 fully saturated rings. The van der Waals surface area contributed by atoms with Crippen molar-refractivity contribution in [2.45, 2.75) is 0 Å². The Labute approximate surface area is 108 Å². The number of halogens is 2. The number of hydrogen-bond acceptors (Lipinski definition) is 8. The molecule has 0 unspecified atom stereocenters.